The van der Waals surface area contributed by atoms with Crippen LogP contribution in [0.1, 0.15) is 27.2 Å². The number of hydrogen-bond acceptors (Lipinski definition) is 3. The molecule has 2 N–H and O–H groups in total. The Hall–Kier alpha value is 0.270. The predicted octanol–water partition coefficient (Wildman–Crippen LogP) is 1.49. The molecule has 1 rings (SSSR count). The van der Waals surface area contributed by atoms with Crippen molar-refractivity contribution >= 4 is 11.8 Å². The number of aliphatic hydroxyl groups excluding tert-OH is 1. The molecule has 0 spiro atoms. The third kappa shape index (κ3) is 3.88. The lowest BCUT2D eigenvalue weighted by Crippen LogP contribution is -2.41. The fourth-order valence-electron chi connectivity index (χ4n) is 1.28. The van der Waals surface area contributed by atoms with E-state index in [4.69, 9.17) is 0 Å². The Morgan fingerprint density at radius 1 is 1.54 bits per heavy atom. The molecular formula is C10H21NOS. The molecule has 1 heterocycles. The van der Waals surface area contributed by atoms with Gasteiger partial charge in [-0.05, 0) is 17.6 Å². The van der Waals surface area contributed by atoms with Crippen LogP contribution in [-0.2, 0) is 0 Å². The summed E-state index contributed by atoms with van der Waals surface area (Å²) in [6.07, 6.45) is 1.01. The van der Waals surface area contributed by atoms with Crippen molar-refractivity contribution in [1.82, 2.24) is 5.32 Å². The zero-order valence-electron chi connectivity index (χ0n) is 8.84. The SMILES string of the molecule is CC(C)(C)C(O)CNC1CCSC1. The highest BCUT2D eigenvalue weighted by Gasteiger charge is 2.23. The molecule has 2 nitrogen and oxygen atoms in total. The molecule has 0 aliphatic carbocycles. The van der Waals surface area contributed by atoms with Crippen LogP contribution in [0.5, 0.6) is 0 Å². The van der Waals surface area contributed by atoms with Crippen LogP contribution in [-0.4, -0.2) is 35.3 Å². The van der Waals surface area contributed by atoms with Crippen LogP contribution < -0.4 is 5.32 Å². The topological polar surface area (TPSA) is 32.3 Å². The van der Waals surface area contributed by atoms with Gasteiger partial charge in [0.25, 0.3) is 0 Å². The van der Waals surface area contributed by atoms with E-state index in [0.717, 1.165) is 6.54 Å². The third-order valence-corrected chi connectivity index (χ3v) is 3.69. The van der Waals surface area contributed by atoms with Gasteiger partial charge in [-0.3, -0.25) is 0 Å². The van der Waals surface area contributed by atoms with Gasteiger partial charge in [-0.25, -0.2) is 0 Å². The van der Waals surface area contributed by atoms with Gasteiger partial charge in [0.05, 0.1) is 6.10 Å². The summed E-state index contributed by atoms with van der Waals surface area (Å²) in [7, 11) is 0. The summed E-state index contributed by atoms with van der Waals surface area (Å²) >= 11 is 2.00. The monoisotopic (exact) mass is 203 g/mol. The van der Waals surface area contributed by atoms with E-state index in [1.54, 1.807) is 0 Å². The number of rotatable bonds is 3. The Labute approximate surface area is 85.5 Å². The summed E-state index contributed by atoms with van der Waals surface area (Å²) in [6, 6.07) is 0.627. The van der Waals surface area contributed by atoms with E-state index in [2.05, 4.69) is 26.1 Å². The lowest BCUT2D eigenvalue weighted by molar-refractivity contribution is 0.0611. The molecule has 2 unspecified atom stereocenters. The first-order chi connectivity index (χ1) is 6.00. The molecular weight excluding hydrogens is 182 g/mol. The average molecular weight is 203 g/mol. The minimum Gasteiger partial charge on any atom is -0.391 e. The number of hydrogen-bond donors (Lipinski definition) is 2. The van der Waals surface area contributed by atoms with E-state index in [1.807, 2.05) is 11.8 Å². The fraction of sp³-hybridized carbons (Fsp3) is 1.00. The second kappa shape index (κ2) is 4.67. The second-order valence-electron chi connectivity index (χ2n) is 4.85. The molecule has 3 heteroatoms. The van der Waals surface area contributed by atoms with Crippen LogP contribution in [0.25, 0.3) is 0 Å². The van der Waals surface area contributed by atoms with Gasteiger partial charge < -0.3 is 10.4 Å². The van der Waals surface area contributed by atoms with Crippen molar-refractivity contribution in [2.45, 2.75) is 39.3 Å². The van der Waals surface area contributed by atoms with Crippen molar-refractivity contribution in [3.05, 3.63) is 0 Å². The van der Waals surface area contributed by atoms with Gasteiger partial charge in [-0.2, -0.15) is 11.8 Å². The maximum absolute atomic E-state index is 9.78. The van der Waals surface area contributed by atoms with Crippen molar-refractivity contribution in [3.8, 4) is 0 Å². The van der Waals surface area contributed by atoms with Crippen molar-refractivity contribution in [1.29, 1.82) is 0 Å². The molecule has 0 aromatic heterocycles. The maximum atomic E-state index is 9.78. The maximum Gasteiger partial charge on any atom is 0.0712 e. The van der Waals surface area contributed by atoms with Gasteiger partial charge in [0.15, 0.2) is 0 Å². The van der Waals surface area contributed by atoms with E-state index in [9.17, 15) is 5.11 Å². The lowest BCUT2D eigenvalue weighted by Gasteiger charge is -2.27. The molecule has 1 aliphatic heterocycles. The van der Waals surface area contributed by atoms with Crippen molar-refractivity contribution in [2.24, 2.45) is 5.41 Å². The zero-order chi connectivity index (χ0) is 9.90. The molecule has 78 valence electrons. The summed E-state index contributed by atoms with van der Waals surface area (Å²) in [5.74, 6) is 2.47. The van der Waals surface area contributed by atoms with E-state index in [-0.39, 0.29) is 11.5 Å². The van der Waals surface area contributed by atoms with E-state index >= 15 is 0 Å². The smallest absolute Gasteiger partial charge is 0.0712 e. The van der Waals surface area contributed by atoms with Crippen molar-refractivity contribution < 1.29 is 5.11 Å². The van der Waals surface area contributed by atoms with Crippen molar-refractivity contribution in [3.63, 3.8) is 0 Å². The molecule has 0 bridgehead atoms. The Morgan fingerprint density at radius 2 is 2.23 bits per heavy atom. The average Bonchev–Trinajstić information content (AvgIpc) is 2.50. The molecule has 0 amide bonds. The molecule has 0 aromatic rings. The fourth-order valence-corrected chi connectivity index (χ4v) is 2.47. The number of nitrogens with one attached hydrogen (secondary N) is 1. The molecule has 0 aromatic carbocycles. The number of thioether (sulfide) groups is 1. The Morgan fingerprint density at radius 3 is 2.69 bits per heavy atom. The second-order valence-corrected chi connectivity index (χ2v) is 6.00. The van der Waals surface area contributed by atoms with Gasteiger partial charge in [0, 0.05) is 18.3 Å². The van der Waals surface area contributed by atoms with Crippen molar-refractivity contribution in [2.75, 3.05) is 18.1 Å². The highest BCUT2D eigenvalue weighted by Crippen LogP contribution is 2.20. The van der Waals surface area contributed by atoms with Gasteiger partial charge in [0.2, 0.25) is 0 Å². The normalized spacial score (nSPS) is 26.3. The minimum atomic E-state index is -0.238. The van der Waals surface area contributed by atoms with Gasteiger partial charge >= 0.3 is 0 Å². The van der Waals surface area contributed by atoms with Crippen LogP contribution in [0, 0.1) is 5.41 Å². The molecule has 1 aliphatic rings. The van der Waals surface area contributed by atoms with Gasteiger partial charge in [0.1, 0.15) is 0 Å². The first-order valence-electron chi connectivity index (χ1n) is 4.99. The molecule has 2 atom stereocenters. The van der Waals surface area contributed by atoms with Crippen LogP contribution >= 0.6 is 11.8 Å². The highest BCUT2D eigenvalue weighted by molar-refractivity contribution is 7.99. The molecule has 0 saturated carbocycles. The molecule has 1 fully saturated rings. The molecule has 13 heavy (non-hydrogen) atoms. The Bertz CT molecular complexity index is 149. The summed E-state index contributed by atoms with van der Waals surface area (Å²) in [4.78, 5) is 0. The number of aliphatic hydroxyl groups is 1. The largest absolute Gasteiger partial charge is 0.391 e. The third-order valence-electron chi connectivity index (χ3n) is 2.53. The summed E-state index contributed by atoms with van der Waals surface area (Å²) < 4.78 is 0. The lowest BCUT2D eigenvalue weighted by atomic mass is 9.89. The van der Waals surface area contributed by atoms with Crippen LogP contribution in [0.3, 0.4) is 0 Å². The first-order valence-corrected chi connectivity index (χ1v) is 6.15. The molecule has 0 radical (unpaired) electrons. The van der Waals surface area contributed by atoms with Crippen LogP contribution in [0.15, 0.2) is 0 Å². The highest BCUT2D eigenvalue weighted by atomic mass is 32.2. The van der Waals surface area contributed by atoms with E-state index in [0.29, 0.717) is 6.04 Å². The Balaban J connectivity index is 2.17. The van der Waals surface area contributed by atoms with Crippen LogP contribution in [0.2, 0.25) is 0 Å². The van der Waals surface area contributed by atoms with E-state index < -0.39 is 0 Å². The van der Waals surface area contributed by atoms with E-state index in [1.165, 1.54) is 17.9 Å². The van der Waals surface area contributed by atoms with Gasteiger partial charge in [-0.15, -0.1) is 0 Å². The zero-order valence-corrected chi connectivity index (χ0v) is 9.66. The Kier molecular flexibility index (Phi) is 4.07. The van der Waals surface area contributed by atoms with Gasteiger partial charge in [-0.1, -0.05) is 20.8 Å². The molecule has 1 saturated heterocycles. The predicted molar refractivity (Wildman–Crippen MR) is 59.2 cm³/mol. The first kappa shape index (κ1) is 11.3. The van der Waals surface area contributed by atoms with Crippen LogP contribution in [0.4, 0.5) is 0 Å². The summed E-state index contributed by atoms with van der Waals surface area (Å²) in [5.41, 5.74) is -0.00124. The minimum absolute atomic E-state index is 0.00124. The summed E-state index contributed by atoms with van der Waals surface area (Å²) in [5, 5.41) is 13.2. The standard InChI is InChI=1S/C10H21NOS/c1-10(2,3)9(12)6-11-8-4-5-13-7-8/h8-9,11-12H,4-7H2,1-3H3. The summed E-state index contributed by atoms with van der Waals surface area (Å²) in [6.45, 7) is 6.95. The quantitative estimate of drug-likeness (QED) is 0.729.